The molecule has 11 nitrogen and oxygen atoms in total. The maximum absolute atomic E-state index is 12.5. The van der Waals surface area contributed by atoms with E-state index in [0.29, 0.717) is 51.8 Å². The predicted molar refractivity (Wildman–Crippen MR) is 127 cm³/mol. The second-order valence-electron chi connectivity index (χ2n) is 8.10. The van der Waals surface area contributed by atoms with E-state index in [1.165, 1.54) is 0 Å². The van der Waals surface area contributed by atoms with Gasteiger partial charge in [0, 0.05) is 80.5 Å². The minimum atomic E-state index is -3.64. The lowest BCUT2D eigenvalue weighted by atomic mass is 10.5. The SMILES string of the molecule is CCCP(O)CN1CCN(CP(O)CCC(=O)O)CCN(CP(=O)(O)CCC(=O)O)CC1. The van der Waals surface area contributed by atoms with Crippen LogP contribution >= 0.6 is 23.7 Å². The van der Waals surface area contributed by atoms with Gasteiger partial charge in [0.15, 0.2) is 0 Å². The van der Waals surface area contributed by atoms with E-state index in [2.05, 4.69) is 4.90 Å². The van der Waals surface area contributed by atoms with Crippen molar-refractivity contribution in [1.82, 2.24) is 14.7 Å². The molecule has 0 spiro atoms. The topological polar surface area (TPSA) is 162 Å². The van der Waals surface area contributed by atoms with Crippen LogP contribution in [-0.4, -0.2) is 128 Å². The molecule has 0 amide bonds. The summed E-state index contributed by atoms with van der Waals surface area (Å²) in [4.78, 5) is 58.4. The Bertz CT molecular complexity index is 630. The molecule has 0 aromatic carbocycles. The summed E-state index contributed by atoms with van der Waals surface area (Å²) >= 11 is 0. The lowest BCUT2D eigenvalue weighted by molar-refractivity contribution is -0.137. The van der Waals surface area contributed by atoms with Crippen molar-refractivity contribution in [2.24, 2.45) is 0 Å². The van der Waals surface area contributed by atoms with Crippen LogP contribution in [0.3, 0.4) is 0 Å². The summed E-state index contributed by atoms with van der Waals surface area (Å²) in [6.07, 6.45) is 1.95. The van der Waals surface area contributed by atoms with E-state index in [4.69, 9.17) is 10.2 Å². The van der Waals surface area contributed by atoms with E-state index in [9.17, 15) is 28.8 Å². The van der Waals surface area contributed by atoms with Crippen LogP contribution in [0.15, 0.2) is 0 Å². The molecule has 0 radical (unpaired) electrons. The molecule has 1 fully saturated rings. The molecule has 0 bridgehead atoms. The third-order valence-electron chi connectivity index (χ3n) is 5.09. The smallest absolute Gasteiger partial charge is 0.303 e. The van der Waals surface area contributed by atoms with E-state index < -0.39 is 35.6 Å². The van der Waals surface area contributed by atoms with Crippen molar-refractivity contribution in [2.75, 3.05) is 76.6 Å². The number of carboxylic acid groups (broad SMARTS) is 2. The van der Waals surface area contributed by atoms with Crippen molar-refractivity contribution >= 4 is 35.6 Å². The Morgan fingerprint density at radius 1 is 0.812 bits per heavy atom. The van der Waals surface area contributed by atoms with Crippen molar-refractivity contribution in [3.63, 3.8) is 0 Å². The highest BCUT2D eigenvalue weighted by Crippen LogP contribution is 2.42. The van der Waals surface area contributed by atoms with Gasteiger partial charge in [0.25, 0.3) is 0 Å². The minimum Gasteiger partial charge on any atom is -0.481 e. The average Bonchev–Trinajstić information content (AvgIpc) is 2.77. The van der Waals surface area contributed by atoms with Gasteiger partial charge in [-0.2, -0.15) is 0 Å². The molecular weight excluding hydrogens is 479 g/mol. The fourth-order valence-electron chi connectivity index (χ4n) is 3.35. The van der Waals surface area contributed by atoms with Crippen LogP contribution in [0.5, 0.6) is 0 Å². The third-order valence-corrected chi connectivity index (χ3v) is 10.0. The molecule has 0 aromatic heterocycles. The van der Waals surface area contributed by atoms with Crippen molar-refractivity contribution in [1.29, 1.82) is 0 Å². The fourth-order valence-corrected chi connectivity index (χ4v) is 7.68. The molecule has 1 rings (SSSR count). The van der Waals surface area contributed by atoms with Gasteiger partial charge >= 0.3 is 11.9 Å². The lowest BCUT2D eigenvalue weighted by Crippen LogP contribution is -2.37. The van der Waals surface area contributed by atoms with Crippen molar-refractivity contribution in [3.8, 4) is 0 Å². The summed E-state index contributed by atoms with van der Waals surface area (Å²) in [5.41, 5.74) is 0. The number of carbonyl (C=O) groups is 2. The maximum atomic E-state index is 12.5. The Morgan fingerprint density at radius 2 is 1.25 bits per heavy atom. The first-order valence-electron chi connectivity index (χ1n) is 10.8. The molecule has 5 N–H and O–H groups in total. The molecule has 3 atom stereocenters. The van der Waals surface area contributed by atoms with E-state index in [0.717, 1.165) is 12.6 Å². The molecule has 0 saturated carbocycles. The predicted octanol–water partition coefficient (Wildman–Crippen LogP) is 1.19. The van der Waals surface area contributed by atoms with Crippen LogP contribution in [-0.2, 0) is 14.2 Å². The standard InChI is InChI=1S/C18H38N3O8P3/c1-2-11-30(26)14-19-5-6-20(15-31(27)12-3-17(22)23)8-10-21(9-7-19)16-32(28,29)13-4-18(24)25/h26-27H,2-16H2,1H3,(H,22,23)(H,24,25)(H,28,29). The molecule has 1 aliphatic rings. The van der Waals surface area contributed by atoms with E-state index >= 15 is 0 Å². The first-order valence-corrected chi connectivity index (χ1v) is 16.2. The number of carboxylic acids is 2. The monoisotopic (exact) mass is 517 g/mol. The van der Waals surface area contributed by atoms with Gasteiger partial charge in [0.05, 0.1) is 19.1 Å². The Balaban J connectivity index is 2.81. The van der Waals surface area contributed by atoms with Crippen molar-refractivity contribution < 1.29 is 39.0 Å². The summed E-state index contributed by atoms with van der Waals surface area (Å²) in [5, 5.41) is 17.7. The Hall–Kier alpha value is -0.210. The first kappa shape index (κ1) is 29.8. The highest BCUT2D eigenvalue weighted by Gasteiger charge is 2.26. The van der Waals surface area contributed by atoms with Gasteiger partial charge in [-0.05, 0) is 6.16 Å². The quantitative estimate of drug-likeness (QED) is 0.210. The molecule has 14 heteroatoms. The Morgan fingerprint density at radius 3 is 1.69 bits per heavy atom. The zero-order valence-electron chi connectivity index (χ0n) is 18.8. The van der Waals surface area contributed by atoms with Gasteiger partial charge in [-0.1, -0.05) is 13.3 Å². The zero-order valence-corrected chi connectivity index (χ0v) is 21.4. The Labute approximate surface area is 192 Å². The summed E-state index contributed by atoms with van der Waals surface area (Å²) in [7, 11) is -6.22. The maximum Gasteiger partial charge on any atom is 0.303 e. The van der Waals surface area contributed by atoms with Crippen molar-refractivity contribution in [3.05, 3.63) is 0 Å². The number of rotatable bonds is 14. The van der Waals surface area contributed by atoms with E-state index in [1.54, 1.807) is 0 Å². The van der Waals surface area contributed by atoms with Gasteiger partial charge in [0.1, 0.15) is 0 Å². The fraction of sp³-hybridized carbons (Fsp3) is 0.889. The van der Waals surface area contributed by atoms with Crippen LogP contribution in [0, 0.1) is 0 Å². The summed E-state index contributed by atoms with van der Waals surface area (Å²) in [6, 6.07) is 0. The van der Waals surface area contributed by atoms with Gasteiger partial charge in [-0.25, -0.2) is 0 Å². The highest BCUT2D eigenvalue weighted by atomic mass is 31.2. The van der Waals surface area contributed by atoms with Gasteiger partial charge in [-0.3, -0.25) is 28.9 Å². The van der Waals surface area contributed by atoms with Gasteiger partial charge in [0.2, 0.25) is 7.37 Å². The lowest BCUT2D eigenvalue weighted by Gasteiger charge is -2.28. The third kappa shape index (κ3) is 14.1. The molecule has 32 heavy (non-hydrogen) atoms. The van der Waals surface area contributed by atoms with E-state index in [1.807, 2.05) is 16.7 Å². The largest absolute Gasteiger partial charge is 0.481 e. The summed E-state index contributed by atoms with van der Waals surface area (Å²) in [6.45, 7) is 5.50. The normalized spacial score (nSPS) is 21.1. The van der Waals surface area contributed by atoms with Gasteiger partial charge in [-0.15, -0.1) is 0 Å². The van der Waals surface area contributed by atoms with Crippen LogP contribution in [0.4, 0.5) is 0 Å². The number of hydrogen-bond acceptors (Lipinski definition) is 8. The molecular formula is C18H38N3O8P3. The number of aliphatic carboxylic acids is 2. The summed E-state index contributed by atoms with van der Waals surface area (Å²) < 4.78 is 12.5. The van der Waals surface area contributed by atoms with Crippen LogP contribution in [0.1, 0.15) is 26.2 Å². The zero-order chi connectivity index (χ0) is 24.1. The molecule has 1 heterocycles. The molecule has 3 unspecified atom stereocenters. The molecule has 1 saturated heterocycles. The van der Waals surface area contributed by atoms with E-state index in [-0.39, 0.29) is 31.5 Å². The van der Waals surface area contributed by atoms with Crippen molar-refractivity contribution in [2.45, 2.75) is 26.2 Å². The molecule has 1 aliphatic heterocycles. The second-order valence-corrected chi connectivity index (χ2v) is 14.0. The first-order chi connectivity index (χ1) is 15.0. The van der Waals surface area contributed by atoms with Gasteiger partial charge < -0.3 is 24.9 Å². The second kappa shape index (κ2) is 15.6. The molecule has 0 aliphatic carbocycles. The highest BCUT2D eigenvalue weighted by molar-refractivity contribution is 7.57. The van der Waals surface area contributed by atoms with Crippen LogP contribution in [0.25, 0.3) is 0 Å². The molecule has 0 aromatic rings. The molecule has 188 valence electrons. The minimum absolute atomic E-state index is 0.0859. The van der Waals surface area contributed by atoms with Crippen LogP contribution < -0.4 is 0 Å². The number of nitrogens with zero attached hydrogens (tertiary/aromatic N) is 3. The average molecular weight is 517 g/mol. The Kier molecular flexibility index (Phi) is 14.6. The summed E-state index contributed by atoms with van der Waals surface area (Å²) in [5.74, 6) is -2.05. The van der Waals surface area contributed by atoms with Crippen LogP contribution in [0.2, 0.25) is 0 Å². The number of hydrogen-bond donors (Lipinski definition) is 5.